The van der Waals surface area contributed by atoms with Crippen molar-refractivity contribution in [1.29, 1.82) is 0 Å². The Balaban J connectivity index is 1.59. The van der Waals surface area contributed by atoms with Crippen LogP contribution in [-0.4, -0.2) is 51.7 Å². The molecule has 30 heavy (non-hydrogen) atoms. The molecule has 8 heteroatoms. The Morgan fingerprint density at radius 2 is 1.70 bits per heavy atom. The van der Waals surface area contributed by atoms with Gasteiger partial charge in [-0.1, -0.05) is 12.1 Å². The molecule has 1 amide bonds. The highest BCUT2D eigenvalue weighted by molar-refractivity contribution is 7.92. The third-order valence-corrected chi connectivity index (χ3v) is 6.33. The zero-order chi connectivity index (χ0) is 21.6. The van der Waals surface area contributed by atoms with Crippen molar-refractivity contribution in [2.75, 3.05) is 36.7 Å². The monoisotopic (exact) mass is 433 g/mol. The Bertz CT molecular complexity index is 941. The Kier molecular flexibility index (Phi) is 7.44. The summed E-state index contributed by atoms with van der Waals surface area (Å²) in [6.07, 6.45) is 4.54. The quantitative estimate of drug-likeness (QED) is 0.618. The van der Waals surface area contributed by atoms with E-state index in [1.807, 2.05) is 0 Å². The summed E-state index contributed by atoms with van der Waals surface area (Å²) in [7, 11) is -3.55. The number of anilines is 1. The summed E-state index contributed by atoms with van der Waals surface area (Å²) >= 11 is 0. The van der Waals surface area contributed by atoms with Gasteiger partial charge in [-0.2, -0.15) is 0 Å². The molecular formula is C22H28FN3O3S. The molecular weight excluding hydrogens is 405 g/mol. The zero-order valence-corrected chi connectivity index (χ0v) is 18.0. The van der Waals surface area contributed by atoms with Crippen LogP contribution in [0.3, 0.4) is 0 Å². The first-order valence-electron chi connectivity index (χ1n) is 10.2. The average molecular weight is 434 g/mol. The standard InChI is InChI=1S/C22H28FN3O3S/c1-30(28,29)26(17-18-5-9-20(23)10-6-18)21-11-7-19(8-12-21)22(27)24-13-4-16-25-14-2-3-15-25/h5-12H,2-4,13-17H2,1H3,(H,24,27). The van der Waals surface area contributed by atoms with Crippen LogP contribution >= 0.6 is 0 Å². The van der Waals surface area contributed by atoms with Gasteiger partial charge in [0.05, 0.1) is 18.5 Å². The van der Waals surface area contributed by atoms with Gasteiger partial charge in [-0.05, 0) is 80.9 Å². The van der Waals surface area contributed by atoms with Crippen LogP contribution in [0, 0.1) is 5.82 Å². The van der Waals surface area contributed by atoms with Gasteiger partial charge >= 0.3 is 0 Å². The van der Waals surface area contributed by atoms with Crippen LogP contribution in [0.1, 0.15) is 35.2 Å². The van der Waals surface area contributed by atoms with Gasteiger partial charge in [0.1, 0.15) is 5.82 Å². The minimum atomic E-state index is -3.55. The van der Waals surface area contributed by atoms with E-state index < -0.39 is 10.0 Å². The Hall–Kier alpha value is -2.45. The second kappa shape index (κ2) is 10.0. The molecule has 1 heterocycles. The van der Waals surface area contributed by atoms with E-state index >= 15 is 0 Å². The van der Waals surface area contributed by atoms with E-state index in [-0.39, 0.29) is 18.3 Å². The van der Waals surface area contributed by atoms with E-state index in [2.05, 4.69) is 10.2 Å². The van der Waals surface area contributed by atoms with Crippen LogP contribution in [0.25, 0.3) is 0 Å². The fraction of sp³-hybridized carbons (Fsp3) is 0.409. The lowest BCUT2D eigenvalue weighted by Gasteiger charge is -2.22. The summed E-state index contributed by atoms with van der Waals surface area (Å²) in [5.41, 5.74) is 1.60. The summed E-state index contributed by atoms with van der Waals surface area (Å²) in [4.78, 5) is 14.8. The molecule has 0 spiro atoms. The van der Waals surface area contributed by atoms with E-state index in [4.69, 9.17) is 0 Å². The minimum Gasteiger partial charge on any atom is -0.352 e. The van der Waals surface area contributed by atoms with Crippen molar-refractivity contribution >= 4 is 21.6 Å². The fourth-order valence-electron chi connectivity index (χ4n) is 3.55. The predicted molar refractivity (Wildman–Crippen MR) is 116 cm³/mol. The van der Waals surface area contributed by atoms with E-state index in [9.17, 15) is 17.6 Å². The molecule has 1 fully saturated rings. The van der Waals surface area contributed by atoms with Crippen molar-refractivity contribution in [3.8, 4) is 0 Å². The molecule has 2 aromatic rings. The smallest absolute Gasteiger partial charge is 0.251 e. The molecule has 0 atom stereocenters. The maximum Gasteiger partial charge on any atom is 0.251 e. The first-order chi connectivity index (χ1) is 14.3. The predicted octanol–water partition coefficient (Wildman–Crippen LogP) is 3.01. The highest BCUT2D eigenvalue weighted by atomic mass is 32.2. The van der Waals surface area contributed by atoms with Crippen LogP contribution in [0.15, 0.2) is 48.5 Å². The number of rotatable bonds is 9. The molecule has 3 rings (SSSR count). The molecule has 2 aromatic carbocycles. The Morgan fingerprint density at radius 3 is 2.30 bits per heavy atom. The number of carbonyl (C=O) groups is 1. The van der Waals surface area contributed by atoms with Crippen LogP contribution in [0.5, 0.6) is 0 Å². The molecule has 1 aliphatic heterocycles. The number of halogens is 1. The van der Waals surface area contributed by atoms with Crippen LogP contribution in [-0.2, 0) is 16.6 Å². The van der Waals surface area contributed by atoms with Gasteiger partial charge in [0.25, 0.3) is 5.91 Å². The van der Waals surface area contributed by atoms with Gasteiger partial charge in [-0.15, -0.1) is 0 Å². The topological polar surface area (TPSA) is 69.7 Å². The number of hydrogen-bond acceptors (Lipinski definition) is 4. The van der Waals surface area contributed by atoms with Crippen molar-refractivity contribution in [3.05, 3.63) is 65.5 Å². The van der Waals surface area contributed by atoms with Gasteiger partial charge in [0, 0.05) is 12.1 Å². The summed E-state index contributed by atoms with van der Waals surface area (Å²) < 4.78 is 38.9. The molecule has 0 saturated carbocycles. The molecule has 0 aliphatic carbocycles. The number of sulfonamides is 1. The number of nitrogens with zero attached hydrogens (tertiary/aromatic N) is 2. The summed E-state index contributed by atoms with van der Waals surface area (Å²) in [5.74, 6) is -0.548. The molecule has 6 nitrogen and oxygen atoms in total. The van der Waals surface area contributed by atoms with Crippen LogP contribution in [0.2, 0.25) is 0 Å². The van der Waals surface area contributed by atoms with E-state index in [0.29, 0.717) is 23.4 Å². The van der Waals surface area contributed by atoms with Crippen LogP contribution in [0.4, 0.5) is 10.1 Å². The molecule has 1 aliphatic rings. The maximum atomic E-state index is 13.1. The molecule has 0 aromatic heterocycles. The van der Waals surface area contributed by atoms with Crippen molar-refractivity contribution in [2.24, 2.45) is 0 Å². The lowest BCUT2D eigenvalue weighted by atomic mass is 10.1. The van der Waals surface area contributed by atoms with Gasteiger partial charge in [-0.25, -0.2) is 12.8 Å². The Morgan fingerprint density at radius 1 is 1.07 bits per heavy atom. The second-order valence-corrected chi connectivity index (χ2v) is 9.51. The first kappa shape index (κ1) is 22.2. The largest absolute Gasteiger partial charge is 0.352 e. The van der Waals surface area contributed by atoms with Gasteiger partial charge < -0.3 is 10.2 Å². The number of nitrogens with one attached hydrogen (secondary N) is 1. The van der Waals surface area contributed by atoms with E-state index in [1.165, 1.54) is 29.3 Å². The average Bonchev–Trinajstić information content (AvgIpc) is 3.23. The van der Waals surface area contributed by atoms with Crippen molar-refractivity contribution in [1.82, 2.24) is 10.2 Å². The summed E-state index contributed by atoms with van der Waals surface area (Å²) in [6, 6.07) is 12.2. The fourth-order valence-corrected chi connectivity index (χ4v) is 4.44. The zero-order valence-electron chi connectivity index (χ0n) is 17.2. The van der Waals surface area contributed by atoms with Crippen LogP contribution < -0.4 is 9.62 Å². The minimum absolute atomic E-state index is 0.0845. The summed E-state index contributed by atoms with van der Waals surface area (Å²) in [5, 5.41) is 2.91. The molecule has 0 bridgehead atoms. The highest BCUT2D eigenvalue weighted by Gasteiger charge is 2.18. The normalized spacial score (nSPS) is 14.6. The van der Waals surface area contributed by atoms with Crippen molar-refractivity contribution in [3.63, 3.8) is 0 Å². The second-order valence-electron chi connectivity index (χ2n) is 7.60. The number of likely N-dealkylation sites (tertiary alicyclic amines) is 1. The van der Waals surface area contributed by atoms with Crippen molar-refractivity contribution in [2.45, 2.75) is 25.8 Å². The molecule has 162 valence electrons. The Labute approximate surface area is 177 Å². The van der Waals surface area contributed by atoms with E-state index in [0.717, 1.165) is 32.3 Å². The molecule has 1 saturated heterocycles. The SMILES string of the molecule is CS(=O)(=O)N(Cc1ccc(F)cc1)c1ccc(C(=O)NCCCN2CCCC2)cc1. The number of hydrogen-bond donors (Lipinski definition) is 1. The molecule has 0 unspecified atom stereocenters. The maximum absolute atomic E-state index is 13.1. The number of amides is 1. The van der Waals surface area contributed by atoms with Gasteiger partial charge in [-0.3, -0.25) is 9.10 Å². The lowest BCUT2D eigenvalue weighted by molar-refractivity contribution is 0.0952. The van der Waals surface area contributed by atoms with Crippen molar-refractivity contribution < 1.29 is 17.6 Å². The number of benzene rings is 2. The molecule has 0 radical (unpaired) electrons. The number of carbonyl (C=O) groups excluding carboxylic acids is 1. The first-order valence-corrected chi connectivity index (χ1v) is 12.0. The third-order valence-electron chi connectivity index (χ3n) is 5.19. The third kappa shape index (κ3) is 6.27. The highest BCUT2D eigenvalue weighted by Crippen LogP contribution is 2.21. The summed E-state index contributed by atoms with van der Waals surface area (Å²) in [6.45, 7) is 3.97. The van der Waals surface area contributed by atoms with Gasteiger partial charge in [0.15, 0.2) is 0 Å². The lowest BCUT2D eigenvalue weighted by Crippen LogP contribution is -2.30. The van der Waals surface area contributed by atoms with E-state index in [1.54, 1.807) is 36.4 Å². The molecule has 1 N–H and O–H groups in total. The van der Waals surface area contributed by atoms with Gasteiger partial charge in [0.2, 0.25) is 10.0 Å².